The van der Waals surface area contributed by atoms with Crippen molar-refractivity contribution in [2.24, 2.45) is 0 Å². The van der Waals surface area contributed by atoms with Crippen LogP contribution in [0.5, 0.6) is 0 Å². The second-order valence-electron chi connectivity index (χ2n) is 4.32. The smallest absolute Gasteiger partial charge is 0.0792 e. The van der Waals surface area contributed by atoms with E-state index in [1.807, 2.05) is 11.8 Å². The van der Waals surface area contributed by atoms with Gasteiger partial charge in [0.25, 0.3) is 0 Å². The Labute approximate surface area is 156 Å². The molecule has 1 heterocycles. The SMILES string of the molecule is CCSCCSC(SCCSCCS)C1(C)SCCS1. The first-order chi connectivity index (χ1) is 9.73. The first kappa shape index (κ1) is 20.5. The Kier molecular flexibility index (Phi) is 13.1. The Morgan fingerprint density at radius 1 is 1.00 bits per heavy atom. The van der Waals surface area contributed by atoms with E-state index in [1.165, 1.54) is 46.0 Å². The maximum Gasteiger partial charge on any atom is 0.0792 e. The Hall–Kier alpha value is 2.45. The normalized spacial score (nSPS) is 19.4. The van der Waals surface area contributed by atoms with Crippen molar-refractivity contribution in [2.45, 2.75) is 22.5 Å². The summed E-state index contributed by atoms with van der Waals surface area (Å²) in [5, 5.41) is 0. The summed E-state index contributed by atoms with van der Waals surface area (Å²) in [7, 11) is 0. The highest BCUT2D eigenvalue weighted by atomic mass is 32.2. The summed E-state index contributed by atoms with van der Waals surface area (Å²) in [5.41, 5.74) is 0. The van der Waals surface area contributed by atoms with Crippen LogP contribution in [-0.4, -0.2) is 60.4 Å². The molecule has 1 unspecified atom stereocenters. The quantitative estimate of drug-likeness (QED) is 0.260. The van der Waals surface area contributed by atoms with Crippen molar-refractivity contribution in [3.8, 4) is 0 Å². The molecule has 1 aliphatic rings. The molecule has 0 aromatic carbocycles. The van der Waals surface area contributed by atoms with Crippen LogP contribution in [0.25, 0.3) is 0 Å². The predicted octanol–water partition coefficient (Wildman–Crippen LogP) is 5.39. The van der Waals surface area contributed by atoms with Crippen LogP contribution < -0.4 is 0 Å². The average Bonchev–Trinajstić information content (AvgIpc) is 2.89. The van der Waals surface area contributed by atoms with Gasteiger partial charge in [-0.1, -0.05) is 6.92 Å². The molecule has 7 heteroatoms. The molecule has 0 bridgehead atoms. The number of hydrogen-bond donors (Lipinski definition) is 1. The van der Waals surface area contributed by atoms with Gasteiger partial charge >= 0.3 is 0 Å². The van der Waals surface area contributed by atoms with Crippen LogP contribution in [0.4, 0.5) is 0 Å². The van der Waals surface area contributed by atoms with Gasteiger partial charge in [-0.15, -0.1) is 47.0 Å². The van der Waals surface area contributed by atoms with Crippen LogP contribution in [-0.2, 0) is 0 Å². The van der Waals surface area contributed by atoms with Gasteiger partial charge in [0, 0.05) is 40.3 Å². The van der Waals surface area contributed by atoms with Gasteiger partial charge in [-0.05, 0) is 18.4 Å². The highest BCUT2D eigenvalue weighted by Crippen LogP contribution is 2.53. The predicted molar refractivity (Wildman–Crippen MR) is 116 cm³/mol. The van der Waals surface area contributed by atoms with Crippen molar-refractivity contribution in [3.63, 3.8) is 0 Å². The molecule has 0 saturated carbocycles. The monoisotopic (exact) mass is 406 g/mol. The minimum atomic E-state index is 0.431. The summed E-state index contributed by atoms with van der Waals surface area (Å²) in [5.74, 6) is 11.3. The zero-order valence-electron chi connectivity index (χ0n) is 12.3. The van der Waals surface area contributed by atoms with Crippen LogP contribution in [0, 0.1) is 0 Å². The minimum absolute atomic E-state index is 0.431. The van der Waals surface area contributed by atoms with Crippen LogP contribution >= 0.6 is 83.2 Å². The molecule has 1 rings (SSSR count). The van der Waals surface area contributed by atoms with Crippen molar-refractivity contribution in [2.75, 3.05) is 51.8 Å². The van der Waals surface area contributed by atoms with Crippen LogP contribution in [0.15, 0.2) is 0 Å². The molecule has 1 saturated heterocycles. The molecular formula is C13H26S7. The van der Waals surface area contributed by atoms with Crippen molar-refractivity contribution in [1.82, 2.24) is 0 Å². The molecule has 0 nitrogen and oxygen atoms in total. The van der Waals surface area contributed by atoms with E-state index in [0.29, 0.717) is 4.08 Å². The number of rotatable bonds is 12. The van der Waals surface area contributed by atoms with Crippen molar-refractivity contribution in [1.29, 1.82) is 0 Å². The zero-order valence-corrected chi connectivity index (χ0v) is 18.1. The molecule has 0 aromatic rings. The number of hydrogen-bond acceptors (Lipinski definition) is 7. The minimum Gasteiger partial charge on any atom is -0.179 e. The molecule has 1 fully saturated rings. The Balaban J connectivity index is 2.30. The topological polar surface area (TPSA) is 0 Å². The highest BCUT2D eigenvalue weighted by molar-refractivity contribution is 8.26. The molecule has 0 radical (unpaired) electrons. The molecule has 0 aliphatic carbocycles. The summed E-state index contributed by atoms with van der Waals surface area (Å²) in [6, 6.07) is 0. The van der Waals surface area contributed by atoms with Gasteiger partial charge in [-0.2, -0.15) is 36.2 Å². The van der Waals surface area contributed by atoms with E-state index in [2.05, 4.69) is 85.3 Å². The molecule has 0 amide bonds. The average molecular weight is 407 g/mol. The van der Waals surface area contributed by atoms with E-state index in [1.54, 1.807) is 0 Å². The van der Waals surface area contributed by atoms with Crippen molar-refractivity contribution < 1.29 is 0 Å². The van der Waals surface area contributed by atoms with Gasteiger partial charge in [0.2, 0.25) is 0 Å². The van der Waals surface area contributed by atoms with E-state index in [9.17, 15) is 0 Å². The summed E-state index contributed by atoms with van der Waals surface area (Å²) in [6.07, 6.45) is 0. The molecule has 120 valence electrons. The third-order valence-electron chi connectivity index (χ3n) is 2.72. The lowest BCUT2D eigenvalue weighted by molar-refractivity contribution is 1.01. The summed E-state index contributed by atoms with van der Waals surface area (Å²) < 4.78 is 1.18. The van der Waals surface area contributed by atoms with E-state index >= 15 is 0 Å². The molecule has 1 atom stereocenters. The number of thiol groups is 1. The van der Waals surface area contributed by atoms with Gasteiger partial charge in [-0.25, -0.2) is 0 Å². The molecule has 0 aromatic heterocycles. The Morgan fingerprint density at radius 2 is 1.60 bits per heavy atom. The van der Waals surface area contributed by atoms with Gasteiger partial charge in [0.15, 0.2) is 0 Å². The third-order valence-corrected chi connectivity index (χ3v) is 12.9. The summed E-state index contributed by atoms with van der Waals surface area (Å²) >= 11 is 17.1. The van der Waals surface area contributed by atoms with Gasteiger partial charge in [0.1, 0.15) is 0 Å². The lowest BCUT2D eigenvalue weighted by Gasteiger charge is -2.31. The van der Waals surface area contributed by atoms with E-state index in [0.717, 1.165) is 10.3 Å². The lowest BCUT2D eigenvalue weighted by Crippen LogP contribution is -2.26. The fraction of sp³-hybridized carbons (Fsp3) is 1.00. The maximum atomic E-state index is 4.27. The second kappa shape index (κ2) is 12.8. The maximum absolute atomic E-state index is 4.27. The van der Waals surface area contributed by atoms with E-state index in [4.69, 9.17) is 0 Å². The zero-order chi connectivity index (χ0) is 14.7. The first-order valence-electron chi connectivity index (χ1n) is 7.00. The van der Waals surface area contributed by atoms with Crippen LogP contribution in [0.1, 0.15) is 13.8 Å². The van der Waals surface area contributed by atoms with Crippen LogP contribution in [0.2, 0.25) is 0 Å². The molecule has 0 spiro atoms. The standard InChI is InChI=1S/C13H26S7/c1-3-15-6-8-17-12(13(2)19-10-11-20-13)18-9-7-16-5-4-14/h12,14H,3-11H2,1-2H3. The van der Waals surface area contributed by atoms with Crippen molar-refractivity contribution >= 4 is 83.2 Å². The fourth-order valence-corrected chi connectivity index (χ4v) is 10.7. The number of thioether (sulfide) groups is 6. The Bertz CT molecular complexity index is 231. The van der Waals surface area contributed by atoms with Crippen LogP contribution in [0.3, 0.4) is 0 Å². The van der Waals surface area contributed by atoms with E-state index < -0.39 is 0 Å². The molecular weight excluding hydrogens is 381 g/mol. The molecule has 1 aliphatic heterocycles. The van der Waals surface area contributed by atoms with Crippen molar-refractivity contribution in [3.05, 3.63) is 0 Å². The second-order valence-corrected chi connectivity index (χ2v) is 13.5. The third kappa shape index (κ3) is 8.34. The Morgan fingerprint density at radius 3 is 2.15 bits per heavy atom. The summed E-state index contributed by atoms with van der Waals surface area (Å²) in [6.45, 7) is 4.72. The molecule has 20 heavy (non-hydrogen) atoms. The van der Waals surface area contributed by atoms with Gasteiger partial charge in [0.05, 0.1) is 8.66 Å². The first-order valence-corrected chi connectivity index (χ1v) is 14.0. The van der Waals surface area contributed by atoms with Gasteiger partial charge < -0.3 is 0 Å². The summed E-state index contributed by atoms with van der Waals surface area (Å²) in [4.78, 5) is 0. The van der Waals surface area contributed by atoms with Gasteiger partial charge in [-0.3, -0.25) is 0 Å². The largest absolute Gasteiger partial charge is 0.179 e. The molecule has 0 N–H and O–H groups in total. The van der Waals surface area contributed by atoms with E-state index in [-0.39, 0.29) is 0 Å². The highest BCUT2D eigenvalue weighted by Gasteiger charge is 2.39. The lowest BCUT2D eigenvalue weighted by atomic mass is 10.5. The fourth-order valence-electron chi connectivity index (χ4n) is 1.76.